The van der Waals surface area contributed by atoms with E-state index in [-0.39, 0.29) is 11.4 Å². The lowest BCUT2D eigenvalue weighted by Gasteiger charge is -1.98. The van der Waals surface area contributed by atoms with Gasteiger partial charge in [-0.15, -0.1) is 0 Å². The zero-order valence-corrected chi connectivity index (χ0v) is 7.71. The Morgan fingerprint density at radius 2 is 2.13 bits per heavy atom. The van der Waals surface area contributed by atoms with E-state index in [4.69, 9.17) is 11.5 Å². The van der Waals surface area contributed by atoms with Gasteiger partial charge in [-0.05, 0) is 23.8 Å². The summed E-state index contributed by atoms with van der Waals surface area (Å²) in [4.78, 5) is 20.3. The van der Waals surface area contributed by atoms with Gasteiger partial charge in [-0.1, -0.05) is 0 Å². The van der Waals surface area contributed by atoms with Gasteiger partial charge in [0.05, 0.1) is 4.92 Å². The summed E-state index contributed by atoms with van der Waals surface area (Å²) in [5, 5.41) is 10.4. The zero-order chi connectivity index (χ0) is 11.4. The Morgan fingerprint density at radius 1 is 1.47 bits per heavy atom. The van der Waals surface area contributed by atoms with Crippen molar-refractivity contribution in [1.82, 2.24) is 0 Å². The molecule has 0 heterocycles. The second kappa shape index (κ2) is 4.23. The molecule has 6 heteroatoms. The van der Waals surface area contributed by atoms with Crippen molar-refractivity contribution in [3.8, 4) is 0 Å². The Hall–Kier alpha value is -2.37. The predicted molar refractivity (Wildman–Crippen MR) is 55.7 cm³/mol. The fourth-order valence-electron chi connectivity index (χ4n) is 1.02. The molecule has 0 fully saturated rings. The van der Waals surface area contributed by atoms with Crippen LogP contribution in [0, 0.1) is 10.1 Å². The van der Waals surface area contributed by atoms with Gasteiger partial charge in [0, 0.05) is 12.1 Å². The van der Waals surface area contributed by atoms with Gasteiger partial charge in [0.15, 0.2) is 0 Å². The first kappa shape index (κ1) is 10.7. The first-order chi connectivity index (χ1) is 7.00. The fraction of sp³-hybridized carbons (Fsp3) is 0. The molecule has 0 spiro atoms. The van der Waals surface area contributed by atoms with E-state index >= 15 is 0 Å². The quantitative estimate of drug-likeness (QED) is 0.328. The molecule has 1 amide bonds. The summed E-state index contributed by atoms with van der Waals surface area (Å²) in [6, 6.07) is 4.15. The van der Waals surface area contributed by atoms with E-state index in [9.17, 15) is 14.9 Å². The highest BCUT2D eigenvalue weighted by atomic mass is 16.6. The maximum atomic E-state index is 10.4. The summed E-state index contributed by atoms with van der Waals surface area (Å²) in [7, 11) is 0. The van der Waals surface area contributed by atoms with Crippen molar-refractivity contribution in [3.05, 3.63) is 40.0 Å². The highest BCUT2D eigenvalue weighted by Crippen LogP contribution is 2.22. The smallest absolute Gasteiger partial charge is 0.292 e. The van der Waals surface area contributed by atoms with Gasteiger partial charge in [-0.3, -0.25) is 14.9 Å². The van der Waals surface area contributed by atoms with Crippen LogP contribution in [0.25, 0.3) is 6.08 Å². The molecule has 0 saturated carbocycles. The third-order valence-corrected chi connectivity index (χ3v) is 1.69. The lowest BCUT2D eigenvalue weighted by atomic mass is 10.1. The lowest BCUT2D eigenvalue weighted by Crippen LogP contribution is -2.05. The molecular weight excluding hydrogens is 198 g/mol. The van der Waals surface area contributed by atoms with Crippen molar-refractivity contribution >= 4 is 23.4 Å². The molecule has 0 aliphatic heterocycles. The molecule has 0 aliphatic rings. The number of benzene rings is 1. The van der Waals surface area contributed by atoms with Crippen LogP contribution in [0.5, 0.6) is 0 Å². The Kier molecular flexibility index (Phi) is 3.02. The number of rotatable bonds is 3. The van der Waals surface area contributed by atoms with Crippen LogP contribution >= 0.6 is 0 Å². The van der Waals surface area contributed by atoms with Crippen LogP contribution in [0.15, 0.2) is 24.3 Å². The Labute approximate surface area is 85.3 Å². The molecule has 0 radical (unpaired) electrons. The topological polar surface area (TPSA) is 112 Å². The Balaban J connectivity index is 3.01. The van der Waals surface area contributed by atoms with Crippen molar-refractivity contribution in [2.45, 2.75) is 0 Å². The largest absolute Gasteiger partial charge is 0.393 e. The summed E-state index contributed by atoms with van der Waals surface area (Å²) < 4.78 is 0. The third kappa shape index (κ3) is 2.80. The minimum absolute atomic E-state index is 0.0478. The molecule has 78 valence electrons. The molecule has 1 aromatic rings. The Bertz CT molecular complexity index is 440. The number of hydrogen-bond donors (Lipinski definition) is 2. The van der Waals surface area contributed by atoms with Crippen molar-refractivity contribution < 1.29 is 9.72 Å². The normalized spacial score (nSPS) is 10.4. The first-order valence-corrected chi connectivity index (χ1v) is 4.02. The molecule has 0 unspecified atom stereocenters. The molecular formula is C9H9N3O3. The average Bonchev–Trinajstić information content (AvgIpc) is 2.14. The number of primary amides is 1. The van der Waals surface area contributed by atoms with E-state index in [2.05, 4.69) is 0 Å². The van der Waals surface area contributed by atoms with Gasteiger partial charge in [0.25, 0.3) is 5.69 Å². The van der Waals surface area contributed by atoms with Crippen LogP contribution in [-0.4, -0.2) is 10.8 Å². The van der Waals surface area contributed by atoms with E-state index in [1.807, 2.05) is 0 Å². The van der Waals surface area contributed by atoms with E-state index in [0.717, 1.165) is 6.08 Å². The molecule has 1 rings (SSSR count). The van der Waals surface area contributed by atoms with Crippen molar-refractivity contribution in [1.29, 1.82) is 0 Å². The van der Waals surface area contributed by atoms with Crippen LogP contribution in [0.4, 0.5) is 11.4 Å². The van der Waals surface area contributed by atoms with E-state index in [1.54, 1.807) is 0 Å². The minimum atomic E-state index is -0.591. The van der Waals surface area contributed by atoms with E-state index < -0.39 is 10.8 Å². The van der Waals surface area contributed by atoms with Gasteiger partial charge in [-0.25, -0.2) is 0 Å². The number of nitrogens with zero attached hydrogens (tertiary/aromatic N) is 1. The van der Waals surface area contributed by atoms with Crippen molar-refractivity contribution in [2.75, 3.05) is 5.73 Å². The number of hydrogen-bond acceptors (Lipinski definition) is 4. The number of amides is 1. The average molecular weight is 207 g/mol. The van der Waals surface area contributed by atoms with Gasteiger partial charge in [0.2, 0.25) is 5.91 Å². The second-order valence-electron chi connectivity index (χ2n) is 2.81. The molecule has 0 atom stereocenters. The molecule has 6 nitrogen and oxygen atoms in total. The Morgan fingerprint density at radius 3 is 2.60 bits per heavy atom. The predicted octanol–water partition coefficient (Wildman–Crippen LogP) is 0.676. The van der Waals surface area contributed by atoms with Crippen LogP contribution in [0.1, 0.15) is 5.56 Å². The van der Waals surface area contributed by atoms with Gasteiger partial charge >= 0.3 is 0 Å². The molecule has 0 saturated heterocycles. The molecule has 0 aromatic heterocycles. The number of nitrogens with two attached hydrogens (primary N) is 2. The molecule has 4 N–H and O–H groups in total. The highest BCUT2D eigenvalue weighted by molar-refractivity contribution is 5.90. The number of nitrogen functional groups attached to an aromatic ring is 1. The highest BCUT2D eigenvalue weighted by Gasteiger charge is 2.09. The summed E-state index contributed by atoms with van der Waals surface area (Å²) in [6.07, 6.45) is 2.59. The second-order valence-corrected chi connectivity index (χ2v) is 2.81. The molecule has 15 heavy (non-hydrogen) atoms. The first-order valence-electron chi connectivity index (χ1n) is 4.02. The number of carbonyl (C=O) groups excluding carboxylic acids is 1. The van der Waals surface area contributed by atoms with E-state index in [0.29, 0.717) is 5.56 Å². The zero-order valence-electron chi connectivity index (χ0n) is 7.71. The van der Waals surface area contributed by atoms with Gasteiger partial charge < -0.3 is 11.5 Å². The van der Waals surface area contributed by atoms with Gasteiger partial charge in [-0.2, -0.15) is 0 Å². The van der Waals surface area contributed by atoms with E-state index in [1.165, 1.54) is 24.3 Å². The van der Waals surface area contributed by atoms with Crippen LogP contribution in [0.3, 0.4) is 0 Å². The fourth-order valence-corrected chi connectivity index (χ4v) is 1.02. The standard InChI is InChI=1S/C9H9N3O3/c10-7-5-6(2-4-9(11)13)1-3-8(7)12(14)15/h1-5H,10H2,(H2,11,13). The number of nitro benzene ring substituents is 1. The maximum absolute atomic E-state index is 10.4. The molecule has 1 aromatic carbocycles. The third-order valence-electron chi connectivity index (χ3n) is 1.69. The molecule has 0 aliphatic carbocycles. The number of carbonyl (C=O) groups is 1. The van der Waals surface area contributed by atoms with Crippen LogP contribution in [0.2, 0.25) is 0 Å². The summed E-state index contributed by atoms with van der Waals surface area (Å²) in [6.45, 7) is 0. The van der Waals surface area contributed by atoms with Crippen molar-refractivity contribution in [2.24, 2.45) is 5.73 Å². The molecule has 0 bridgehead atoms. The lowest BCUT2D eigenvalue weighted by molar-refractivity contribution is -0.383. The van der Waals surface area contributed by atoms with Crippen LogP contribution < -0.4 is 11.5 Å². The number of nitro groups is 1. The van der Waals surface area contributed by atoms with Crippen molar-refractivity contribution in [3.63, 3.8) is 0 Å². The summed E-state index contributed by atoms with van der Waals surface area (Å²) >= 11 is 0. The summed E-state index contributed by atoms with van der Waals surface area (Å²) in [5.74, 6) is -0.591. The number of anilines is 1. The monoisotopic (exact) mass is 207 g/mol. The van der Waals surface area contributed by atoms with Crippen LogP contribution in [-0.2, 0) is 4.79 Å². The summed E-state index contributed by atoms with van der Waals surface area (Å²) in [5.41, 5.74) is 10.8. The minimum Gasteiger partial charge on any atom is -0.393 e. The SMILES string of the molecule is NC(=O)C=Cc1ccc([N+](=O)[O-])c(N)c1. The maximum Gasteiger partial charge on any atom is 0.292 e. The van der Waals surface area contributed by atoms with Gasteiger partial charge in [0.1, 0.15) is 5.69 Å².